The maximum absolute atomic E-state index is 12.3. The molecule has 0 aliphatic rings. The largest absolute Gasteiger partial charge is 0.490 e. The molecule has 1 N–H and O–H groups in total. The Labute approximate surface area is 253 Å². The molecule has 0 heterocycles. The van der Waals surface area contributed by atoms with E-state index in [0.29, 0.717) is 45.0 Å². The van der Waals surface area contributed by atoms with Gasteiger partial charge >= 0.3 is 0 Å². The van der Waals surface area contributed by atoms with Crippen LogP contribution in [0.15, 0.2) is 99.0 Å². The molecule has 1 amide bonds. The summed E-state index contributed by atoms with van der Waals surface area (Å²) in [6, 6.07) is 24.5. The van der Waals surface area contributed by atoms with Crippen LogP contribution >= 0.6 is 31.9 Å². The second kappa shape index (κ2) is 14.4. The van der Waals surface area contributed by atoms with Crippen LogP contribution in [0, 0.1) is 10.1 Å². The molecule has 0 aromatic heterocycles. The van der Waals surface area contributed by atoms with Crippen molar-refractivity contribution >= 4 is 49.7 Å². The van der Waals surface area contributed by atoms with E-state index in [2.05, 4.69) is 42.4 Å². The number of nitro benzene ring substituents is 1. The minimum atomic E-state index is -0.528. The van der Waals surface area contributed by atoms with Crippen molar-refractivity contribution in [3.05, 3.63) is 126 Å². The van der Waals surface area contributed by atoms with Crippen LogP contribution in [0.5, 0.6) is 17.2 Å². The van der Waals surface area contributed by atoms with Crippen molar-refractivity contribution in [3.63, 3.8) is 0 Å². The number of halogens is 2. The van der Waals surface area contributed by atoms with E-state index in [1.165, 1.54) is 30.5 Å². The summed E-state index contributed by atoms with van der Waals surface area (Å²) in [5.74, 6) is 1.41. The lowest BCUT2D eigenvalue weighted by molar-refractivity contribution is -0.384. The highest BCUT2D eigenvalue weighted by Gasteiger charge is 2.12. The smallest absolute Gasteiger partial charge is 0.271 e. The maximum atomic E-state index is 12.3. The normalized spacial score (nSPS) is 10.8. The van der Waals surface area contributed by atoms with Gasteiger partial charge in [-0.05, 0) is 91.9 Å². The summed E-state index contributed by atoms with van der Waals surface area (Å²) in [7, 11) is 0. The molecule has 0 bridgehead atoms. The topological polar surface area (TPSA) is 112 Å². The van der Waals surface area contributed by atoms with E-state index >= 15 is 0 Å². The number of amides is 1. The van der Waals surface area contributed by atoms with E-state index in [-0.39, 0.29) is 17.9 Å². The lowest BCUT2D eigenvalue weighted by Crippen LogP contribution is -2.17. The maximum Gasteiger partial charge on any atom is 0.271 e. The number of nitro groups is 1. The van der Waals surface area contributed by atoms with Gasteiger partial charge in [-0.25, -0.2) is 5.43 Å². The molecule has 0 saturated carbocycles. The summed E-state index contributed by atoms with van der Waals surface area (Å²) in [4.78, 5) is 22.5. The fraction of sp³-hybridized carbons (Fsp3) is 0.133. The first-order chi connectivity index (χ1) is 19.8. The molecule has 4 aromatic rings. The zero-order chi connectivity index (χ0) is 29.2. The van der Waals surface area contributed by atoms with E-state index in [0.717, 1.165) is 11.1 Å². The van der Waals surface area contributed by atoms with Crippen molar-refractivity contribution in [2.75, 3.05) is 6.61 Å². The number of rotatable bonds is 12. The number of benzene rings is 4. The van der Waals surface area contributed by atoms with E-state index in [1.807, 2.05) is 55.5 Å². The summed E-state index contributed by atoms with van der Waals surface area (Å²) in [6.07, 6.45) is 1.48. The van der Waals surface area contributed by atoms with Crippen molar-refractivity contribution in [1.82, 2.24) is 5.43 Å². The molecule has 0 atom stereocenters. The Kier molecular flexibility index (Phi) is 10.5. The number of hydrogen-bond acceptors (Lipinski definition) is 7. The zero-order valence-electron chi connectivity index (χ0n) is 21.9. The first-order valence-corrected chi connectivity index (χ1v) is 14.0. The first kappa shape index (κ1) is 29.8. The van der Waals surface area contributed by atoms with Gasteiger partial charge in [-0.15, -0.1) is 0 Å². The Morgan fingerprint density at radius 3 is 2.22 bits per heavy atom. The number of carbonyl (C=O) groups excluding carboxylic acids is 1. The van der Waals surface area contributed by atoms with Crippen LogP contribution in [-0.4, -0.2) is 23.7 Å². The lowest BCUT2D eigenvalue weighted by Gasteiger charge is -2.15. The van der Waals surface area contributed by atoms with Crippen LogP contribution in [0.3, 0.4) is 0 Å². The predicted octanol–water partition coefficient (Wildman–Crippen LogP) is 7.44. The minimum Gasteiger partial charge on any atom is -0.490 e. The van der Waals surface area contributed by atoms with Gasteiger partial charge in [0, 0.05) is 17.7 Å². The van der Waals surface area contributed by atoms with Gasteiger partial charge in [0.1, 0.15) is 19.0 Å². The number of carbonyl (C=O) groups is 1. The number of hydrazone groups is 1. The number of hydrogen-bond donors (Lipinski definition) is 1. The first-order valence-electron chi connectivity index (χ1n) is 12.5. The lowest BCUT2D eigenvalue weighted by atomic mass is 10.2. The van der Waals surface area contributed by atoms with Gasteiger partial charge in [0.25, 0.3) is 11.6 Å². The molecule has 0 aliphatic heterocycles. The molecular formula is C30H25Br2N3O6. The molecule has 210 valence electrons. The van der Waals surface area contributed by atoms with Crippen LogP contribution in [-0.2, 0) is 13.2 Å². The zero-order valence-corrected chi connectivity index (χ0v) is 25.1. The summed E-state index contributed by atoms with van der Waals surface area (Å²) in [5.41, 5.74) is 5.23. The monoisotopic (exact) mass is 681 g/mol. The highest BCUT2D eigenvalue weighted by Crippen LogP contribution is 2.36. The van der Waals surface area contributed by atoms with E-state index in [4.69, 9.17) is 14.2 Å². The average molecular weight is 683 g/mol. The Hall–Kier alpha value is -4.22. The predicted molar refractivity (Wildman–Crippen MR) is 163 cm³/mol. The number of non-ortho nitro benzene ring substituents is 1. The molecule has 0 unspecified atom stereocenters. The second-order valence-electron chi connectivity index (χ2n) is 8.59. The molecule has 0 fully saturated rings. The third-order valence-corrected chi connectivity index (χ3v) is 6.85. The molecule has 11 heteroatoms. The SMILES string of the molecule is CCOc1cc(COc2c(Br)cc(/C=N/NC(=O)c3ccc([N+](=O)[O-])cc3)cc2Br)ccc1OCc1ccccc1. The summed E-state index contributed by atoms with van der Waals surface area (Å²) in [6.45, 7) is 3.15. The van der Waals surface area contributed by atoms with Gasteiger partial charge in [0.05, 0.1) is 26.7 Å². The van der Waals surface area contributed by atoms with Gasteiger partial charge in [-0.1, -0.05) is 36.4 Å². The number of ether oxygens (including phenoxy) is 3. The summed E-state index contributed by atoms with van der Waals surface area (Å²) >= 11 is 7.07. The Morgan fingerprint density at radius 1 is 0.878 bits per heavy atom. The molecule has 0 spiro atoms. The minimum absolute atomic E-state index is 0.0957. The second-order valence-corrected chi connectivity index (χ2v) is 10.3. The highest BCUT2D eigenvalue weighted by atomic mass is 79.9. The molecule has 0 saturated heterocycles. The fourth-order valence-electron chi connectivity index (χ4n) is 3.68. The molecule has 4 rings (SSSR count). The standard InChI is InChI=1S/C30H25Br2N3O6/c1-2-39-28-16-21(8-13-27(28)40-18-20-6-4-3-5-7-20)19-41-29-25(31)14-22(15-26(29)32)17-33-34-30(36)23-9-11-24(12-10-23)35(37)38/h3-17H,2,18-19H2,1H3,(H,34,36)/b33-17+. The van der Waals surface area contributed by atoms with Gasteiger partial charge in [-0.3, -0.25) is 14.9 Å². The third kappa shape index (κ3) is 8.38. The molecule has 0 radical (unpaired) electrons. The van der Waals surface area contributed by atoms with Crippen molar-refractivity contribution < 1.29 is 23.9 Å². The van der Waals surface area contributed by atoms with Crippen LogP contribution in [0.25, 0.3) is 0 Å². The van der Waals surface area contributed by atoms with Crippen molar-refractivity contribution in [2.45, 2.75) is 20.1 Å². The molecule has 41 heavy (non-hydrogen) atoms. The summed E-state index contributed by atoms with van der Waals surface area (Å²) in [5, 5.41) is 14.8. The van der Waals surface area contributed by atoms with E-state index in [1.54, 1.807) is 12.1 Å². The van der Waals surface area contributed by atoms with Crippen LogP contribution < -0.4 is 19.6 Å². The van der Waals surface area contributed by atoms with Crippen molar-refractivity contribution in [3.8, 4) is 17.2 Å². The number of nitrogens with zero attached hydrogens (tertiary/aromatic N) is 2. The fourth-order valence-corrected chi connectivity index (χ4v) is 5.13. The molecule has 9 nitrogen and oxygen atoms in total. The van der Waals surface area contributed by atoms with Gasteiger partial charge in [0.2, 0.25) is 0 Å². The molecular weight excluding hydrogens is 658 g/mol. The van der Waals surface area contributed by atoms with Gasteiger partial charge in [0.15, 0.2) is 11.5 Å². The Balaban J connectivity index is 1.37. The average Bonchev–Trinajstić information content (AvgIpc) is 2.97. The van der Waals surface area contributed by atoms with E-state index < -0.39 is 10.8 Å². The third-order valence-electron chi connectivity index (χ3n) is 5.67. The van der Waals surface area contributed by atoms with Crippen molar-refractivity contribution in [1.29, 1.82) is 0 Å². The molecule has 4 aromatic carbocycles. The van der Waals surface area contributed by atoms with Crippen LogP contribution in [0.2, 0.25) is 0 Å². The van der Waals surface area contributed by atoms with Crippen molar-refractivity contribution in [2.24, 2.45) is 5.10 Å². The number of nitrogens with one attached hydrogen (secondary N) is 1. The van der Waals surface area contributed by atoms with Gasteiger partial charge in [-0.2, -0.15) is 5.10 Å². The Morgan fingerprint density at radius 2 is 1.56 bits per heavy atom. The quantitative estimate of drug-likeness (QED) is 0.0944. The van der Waals surface area contributed by atoms with Gasteiger partial charge < -0.3 is 14.2 Å². The Bertz CT molecular complexity index is 1520. The van der Waals surface area contributed by atoms with Crippen LogP contribution in [0.1, 0.15) is 34.0 Å². The van der Waals surface area contributed by atoms with Crippen LogP contribution in [0.4, 0.5) is 5.69 Å². The van der Waals surface area contributed by atoms with E-state index in [9.17, 15) is 14.9 Å². The molecule has 0 aliphatic carbocycles. The highest BCUT2D eigenvalue weighted by molar-refractivity contribution is 9.11. The summed E-state index contributed by atoms with van der Waals surface area (Å²) < 4.78 is 19.2.